The number of carbonyl (C=O) groups excluding carboxylic acids is 1. The molecule has 1 aliphatic rings. The van der Waals surface area contributed by atoms with E-state index in [4.69, 9.17) is 0 Å². The highest BCUT2D eigenvalue weighted by molar-refractivity contribution is 5.75. The van der Waals surface area contributed by atoms with E-state index in [1.54, 1.807) is 18.9 Å². The van der Waals surface area contributed by atoms with Gasteiger partial charge in [-0.2, -0.15) is 0 Å². The van der Waals surface area contributed by atoms with E-state index < -0.39 is 11.8 Å². The molecule has 0 saturated carbocycles. The zero-order valence-electron chi connectivity index (χ0n) is 9.22. The fourth-order valence-electron chi connectivity index (χ4n) is 1.70. The fraction of sp³-hybridized carbons (Fsp3) is 0.900. The van der Waals surface area contributed by atoms with Crippen molar-refractivity contribution in [3.63, 3.8) is 0 Å². The van der Waals surface area contributed by atoms with E-state index in [2.05, 4.69) is 5.32 Å². The third-order valence-corrected chi connectivity index (χ3v) is 2.97. The Morgan fingerprint density at radius 2 is 2.27 bits per heavy atom. The number of nitrogens with one attached hydrogen (secondary N) is 1. The lowest BCUT2D eigenvalue weighted by Gasteiger charge is -2.36. The molecule has 0 spiro atoms. The Kier molecular flexibility index (Phi) is 4.02. The number of amides is 1. The van der Waals surface area contributed by atoms with E-state index in [0.717, 1.165) is 0 Å². The predicted octanol–water partition coefficient (Wildman–Crippen LogP) is 1.10. The van der Waals surface area contributed by atoms with Crippen LogP contribution >= 0.6 is 0 Å². The fourth-order valence-corrected chi connectivity index (χ4v) is 1.70. The van der Waals surface area contributed by atoms with E-state index in [1.807, 2.05) is 0 Å². The number of hydrogen-bond donors (Lipinski definition) is 1. The van der Waals surface area contributed by atoms with Gasteiger partial charge in [0.25, 0.3) is 5.92 Å². The van der Waals surface area contributed by atoms with Gasteiger partial charge in [0.1, 0.15) is 0 Å². The summed E-state index contributed by atoms with van der Waals surface area (Å²) >= 11 is 0. The van der Waals surface area contributed by atoms with Gasteiger partial charge in [-0.05, 0) is 13.0 Å². The van der Waals surface area contributed by atoms with Crippen molar-refractivity contribution in [3.8, 4) is 0 Å². The van der Waals surface area contributed by atoms with Crippen LogP contribution in [0.3, 0.4) is 0 Å². The number of alkyl halides is 2. The maximum Gasteiger partial charge on any atom is 0.263 e. The molecule has 1 amide bonds. The monoisotopic (exact) mass is 220 g/mol. The summed E-state index contributed by atoms with van der Waals surface area (Å²) in [6.07, 6.45) is 0.793. The molecule has 0 radical (unpaired) electrons. The molecule has 0 aromatic rings. The van der Waals surface area contributed by atoms with Crippen molar-refractivity contribution in [1.82, 2.24) is 10.2 Å². The lowest BCUT2D eigenvalue weighted by atomic mass is 9.95. The normalized spacial score (nSPS) is 26.3. The molecular formula is C10H18F2N2O. The highest BCUT2D eigenvalue weighted by atomic mass is 19.3. The molecule has 1 atom stereocenters. The Bertz CT molecular complexity index is 233. The van der Waals surface area contributed by atoms with Crippen molar-refractivity contribution in [2.75, 3.05) is 26.7 Å². The molecule has 15 heavy (non-hydrogen) atoms. The van der Waals surface area contributed by atoms with E-state index in [0.29, 0.717) is 25.9 Å². The highest BCUT2D eigenvalue weighted by Gasteiger charge is 2.41. The van der Waals surface area contributed by atoms with Crippen LogP contribution in [0.25, 0.3) is 0 Å². The van der Waals surface area contributed by atoms with Crippen LogP contribution in [0.4, 0.5) is 8.78 Å². The van der Waals surface area contributed by atoms with Crippen LogP contribution in [0, 0.1) is 5.92 Å². The van der Waals surface area contributed by atoms with Gasteiger partial charge in [-0.1, -0.05) is 6.92 Å². The zero-order chi connectivity index (χ0) is 11.5. The number of rotatable bonds is 3. The summed E-state index contributed by atoms with van der Waals surface area (Å²) in [5, 5.41) is 2.48. The maximum absolute atomic E-state index is 13.3. The summed E-state index contributed by atoms with van der Waals surface area (Å²) in [4.78, 5) is 12.6. The number of piperidine rings is 1. The van der Waals surface area contributed by atoms with Crippen LogP contribution in [-0.4, -0.2) is 43.4 Å². The molecule has 1 rings (SSSR count). The molecule has 0 bridgehead atoms. The molecule has 1 N–H and O–H groups in total. The summed E-state index contributed by atoms with van der Waals surface area (Å²) in [6, 6.07) is 0. The van der Waals surface area contributed by atoms with Gasteiger partial charge in [0.2, 0.25) is 5.91 Å². The van der Waals surface area contributed by atoms with E-state index >= 15 is 0 Å². The number of halogens is 2. The molecule has 3 nitrogen and oxygen atoms in total. The second kappa shape index (κ2) is 4.88. The summed E-state index contributed by atoms with van der Waals surface area (Å²) in [5.74, 6) is -3.26. The molecule has 0 aromatic carbocycles. The van der Waals surface area contributed by atoms with E-state index in [9.17, 15) is 13.6 Å². The van der Waals surface area contributed by atoms with Crippen LogP contribution in [-0.2, 0) is 4.79 Å². The number of nitrogens with zero attached hydrogens (tertiary/aromatic N) is 1. The predicted molar refractivity (Wildman–Crippen MR) is 53.9 cm³/mol. The molecule has 88 valence electrons. The van der Waals surface area contributed by atoms with Crippen molar-refractivity contribution in [3.05, 3.63) is 0 Å². The lowest BCUT2D eigenvalue weighted by molar-refractivity contribution is -0.123. The average Bonchev–Trinajstić information content (AvgIpc) is 2.19. The average molecular weight is 220 g/mol. The molecule has 0 aromatic heterocycles. The summed E-state index contributed by atoms with van der Waals surface area (Å²) in [6.45, 7) is 2.44. The second-order valence-corrected chi connectivity index (χ2v) is 4.15. The Hall–Kier alpha value is -0.710. The van der Waals surface area contributed by atoms with Gasteiger partial charge in [-0.15, -0.1) is 0 Å². The minimum atomic E-state index is -2.61. The van der Waals surface area contributed by atoms with Gasteiger partial charge < -0.3 is 5.32 Å². The van der Waals surface area contributed by atoms with Crippen molar-refractivity contribution >= 4 is 5.91 Å². The molecule has 5 heteroatoms. The first kappa shape index (κ1) is 12.4. The molecule has 1 fully saturated rings. The molecule has 0 unspecified atom stereocenters. The van der Waals surface area contributed by atoms with Crippen LogP contribution in [0.5, 0.6) is 0 Å². The SMILES string of the molecule is CNC(=O)CCN1CC[C@@H](C)C(F)(F)C1. The van der Waals surface area contributed by atoms with Gasteiger partial charge >= 0.3 is 0 Å². The quantitative estimate of drug-likeness (QED) is 0.772. The number of likely N-dealkylation sites (tertiary alicyclic amines) is 1. The maximum atomic E-state index is 13.3. The van der Waals surface area contributed by atoms with Gasteiger partial charge in [-0.25, -0.2) is 8.78 Å². The first-order valence-electron chi connectivity index (χ1n) is 5.26. The standard InChI is InChI=1S/C10H18F2N2O/c1-8-3-5-14(7-10(8,11)12)6-4-9(15)13-2/h8H,3-7H2,1-2H3,(H,13,15)/t8-/m1/s1. The van der Waals surface area contributed by atoms with Gasteiger partial charge in [-0.3, -0.25) is 9.69 Å². The van der Waals surface area contributed by atoms with Crippen LogP contribution in [0.1, 0.15) is 19.8 Å². The molecular weight excluding hydrogens is 202 g/mol. The topological polar surface area (TPSA) is 32.3 Å². The van der Waals surface area contributed by atoms with Gasteiger partial charge in [0.15, 0.2) is 0 Å². The van der Waals surface area contributed by atoms with Crippen LogP contribution < -0.4 is 5.32 Å². The van der Waals surface area contributed by atoms with Crippen LogP contribution in [0.2, 0.25) is 0 Å². The van der Waals surface area contributed by atoms with E-state index in [1.165, 1.54) is 0 Å². The van der Waals surface area contributed by atoms with Crippen molar-refractivity contribution in [1.29, 1.82) is 0 Å². The zero-order valence-corrected chi connectivity index (χ0v) is 9.22. The van der Waals surface area contributed by atoms with E-state index in [-0.39, 0.29) is 12.5 Å². The van der Waals surface area contributed by atoms with Crippen molar-refractivity contribution in [2.45, 2.75) is 25.7 Å². The van der Waals surface area contributed by atoms with Crippen molar-refractivity contribution in [2.24, 2.45) is 5.92 Å². The minimum Gasteiger partial charge on any atom is -0.359 e. The Labute approximate surface area is 88.8 Å². The van der Waals surface area contributed by atoms with Crippen LogP contribution in [0.15, 0.2) is 0 Å². The molecule has 1 aliphatic heterocycles. The third kappa shape index (κ3) is 3.41. The molecule has 1 saturated heterocycles. The Morgan fingerprint density at radius 3 is 2.80 bits per heavy atom. The van der Waals surface area contributed by atoms with Crippen molar-refractivity contribution < 1.29 is 13.6 Å². The first-order valence-corrected chi connectivity index (χ1v) is 5.26. The summed E-state index contributed by atoms with van der Waals surface area (Å²) in [7, 11) is 1.55. The molecule has 1 heterocycles. The molecule has 0 aliphatic carbocycles. The highest BCUT2D eigenvalue weighted by Crippen LogP contribution is 2.32. The van der Waals surface area contributed by atoms with Gasteiger partial charge in [0.05, 0.1) is 6.54 Å². The summed E-state index contributed by atoms with van der Waals surface area (Å²) < 4.78 is 26.6. The second-order valence-electron chi connectivity index (χ2n) is 4.15. The first-order chi connectivity index (χ1) is 6.95. The number of hydrogen-bond acceptors (Lipinski definition) is 2. The smallest absolute Gasteiger partial charge is 0.263 e. The van der Waals surface area contributed by atoms with Gasteiger partial charge in [0, 0.05) is 25.9 Å². The Balaban J connectivity index is 2.36. The number of carbonyl (C=O) groups is 1. The third-order valence-electron chi connectivity index (χ3n) is 2.97. The Morgan fingerprint density at radius 1 is 1.60 bits per heavy atom. The lowest BCUT2D eigenvalue weighted by Crippen LogP contribution is -2.48. The minimum absolute atomic E-state index is 0.100. The summed E-state index contributed by atoms with van der Waals surface area (Å²) in [5.41, 5.74) is 0. The largest absolute Gasteiger partial charge is 0.359 e.